The fourth-order valence-corrected chi connectivity index (χ4v) is 8.85. The van der Waals surface area contributed by atoms with E-state index in [2.05, 4.69) is 173 Å². The largest absolute Gasteiger partial charge is 0.354 e. The number of fused-ring (bicyclic) bond motifs is 5. The molecule has 274 valence electrons. The molecule has 56 heavy (non-hydrogen) atoms. The normalized spacial score (nSPS) is 20.4. The third kappa shape index (κ3) is 5.96. The van der Waals surface area contributed by atoms with Gasteiger partial charge in [-0.05, 0) is 71.0 Å². The Kier molecular flexibility index (Phi) is 8.53. The average Bonchev–Trinajstić information content (AvgIpc) is 3.84. The van der Waals surface area contributed by atoms with Crippen LogP contribution in [0.4, 0.5) is 11.4 Å². The molecule has 10 rings (SSSR count). The van der Waals surface area contributed by atoms with Crippen molar-refractivity contribution in [2.45, 2.75) is 39.4 Å². The molecule has 0 radical (unpaired) electrons. The Morgan fingerprint density at radius 1 is 0.732 bits per heavy atom. The van der Waals surface area contributed by atoms with E-state index in [0.29, 0.717) is 17.7 Å². The van der Waals surface area contributed by atoms with Crippen molar-refractivity contribution >= 4 is 61.1 Å². The number of benzene rings is 6. The van der Waals surface area contributed by atoms with E-state index in [9.17, 15) is 5.41 Å². The third-order valence-electron chi connectivity index (χ3n) is 11.7. The molecule has 2 N–H and O–H groups in total. The van der Waals surface area contributed by atoms with E-state index in [1.165, 1.54) is 55.0 Å². The number of rotatable bonds is 8. The Balaban J connectivity index is 1.11. The molecule has 0 bridgehead atoms. The zero-order chi connectivity index (χ0) is 37.8. The molecule has 1 saturated heterocycles. The molecule has 2 heterocycles. The number of aromatic nitrogens is 1. The zero-order valence-electron chi connectivity index (χ0n) is 31.9. The van der Waals surface area contributed by atoms with Crippen LogP contribution in [0, 0.1) is 17.2 Å². The Bertz CT molecular complexity index is 2750. The second kappa shape index (κ2) is 14.0. The number of allylic oxidation sites excluding steroid dienone is 8. The number of para-hydroxylation sites is 1. The molecule has 2 aliphatic carbocycles. The van der Waals surface area contributed by atoms with Crippen molar-refractivity contribution < 1.29 is 0 Å². The fourth-order valence-electron chi connectivity index (χ4n) is 8.85. The molecule has 3 aliphatic rings. The van der Waals surface area contributed by atoms with Crippen LogP contribution < -0.4 is 5.32 Å². The maximum Gasteiger partial charge on any atom is 0.144 e. The van der Waals surface area contributed by atoms with Gasteiger partial charge in [0.15, 0.2) is 0 Å². The molecule has 1 aliphatic heterocycles. The standard InChI is InChI=1S/C51H45N5/c1-34-24-26-37(27-25-34)46-48(43-21-10-9-20-42(43)47-44-22-11-12-23-45(44)55(49(46)47)41-19-13-14-35(2)32-41)53-40-30-28-39(29-31-40)51-54(33-36-15-5-3-6-16-36)56(51)50(52)38-17-7-4-8-18-38/h3-24,26-31,34-35,51-53H,25,32-33H2,1-2H3. The highest BCUT2D eigenvalue weighted by Crippen LogP contribution is 2.49. The monoisotopic (exact) mass is 727 g/mol. The topological polar surface area (TPSA) is 46.8 Å². The van der Waals surface area contributed by atoms with Gasteiger partial charge in [-0.3, -0.25) is 10.4 Å². The fraction of sp³-hybridized carbons (Fsp3) is 0.157. The van der Waals surface area contributed by atoms with Gasteiger partial charge in [-0.15, -0.1) is 0 Å². The molecule has 4 unspecified atom stereocenters. The summed E-state index contributed by atoms with van der Waals surface area (Å²) < 4.78 is 2.55. The Morgan fingerprint density at radius 3 is 2.16 bits per heavy atom. The van der Waals surface area contributed by atoms with Crippen LogP contribution in [0.25, 0.3) is 43.8 Å². The highest BCUT2D eigenvalue weighted by Gasteiger charge is 2.48. The Morgan fingerprint density at radius 2 is 1.43 bits per heavy atom. The van der Waals surface area contributed by atoms with E-state index >= 15 is 0 Å². The average molecular weight is 728 g/mol. The van der Waals surface area contributed by atoms with Crippen LogP contribution in [0.5, 0.6) is 0 Å². The maximum absolute atomic E-state index is 9.18. The van der Waals surface area contributed by atoms with Crippen molar-refractivity contribution in [1.82, 2.24) is 14.6 Å². The van der Waals surface area contributed by atoms with Gasteiger partial charge in [-0.25, -0.2) is 0 Å². The molecular formula is C51H45N5. The second-order valence-electron chi connectivity index (χ2n) is 15.6. The van der Waals surface area contributed by atoms with E-state index in [-0.39, 0.29) is 6.17 Å². The lowest BCUT2D eigenvalue weighted by Crippen LogP contribution is -2.16. The van der Waals surface area contributed by atoms with Gasteiger partial charge in [0.25, 0.3) is 0 Å². The van der Waals surface area contributed by atoms with Crippen molar-refractivity contribution in [2.24, 2.45) is 11.8 Å². The van der Waals surface area contributed by atoms with Crippen LogP contribution in [0.1, 0.15) is 55.1 Å². The lowest BCUT2D eigenvalue weighted by molar-refractivity contribution is 0.391. The number of nitrogens with zero attached hydrogens (tertiary/aromatic N) is 3. The summed E-state index contributed by atoms with van der Waals surface area (Å²) in [7, 11) is 0. The highest BCUT2D eigenvalue weighted by molar-refractivity contribution is 6.28. The molecule has 1 aromatic heterocycles. The van der Waals surface area contributed by atoms with Crippen molar-refractivity contribution in [3.63, 3.8) is 0 Å². The minimum absolute atomic E-state index is 0.0276. The van der Waals surface area contributed by atoms with Crippen LogP contribution in [-0.4, -0.2) is 20.4 Å². The van der Waals surface area contributed by atoms with Crippen LogP contribution in [-0.2, 0) is 6.54 Å². The minimum Gasteiger partial charge on any atom is -0.354 e. The number of hydrogen-bond acceptors (Lipinski definition) is 3. The molecule has 7 aromatic rings. The first-order valence-electron chi connectivity index (χ1n) is 19.9. The molecular weight excluding hydrogens is 683 g/mol. The number of hydrogen-bond donors (Lipinski definition) is 2. The molecule has 0 saturated carbocycles. The van der Waals surface area contributed by atoms with Crippen molar-refractivity contribution in [3.05, 3.63) is 192 Å². The summed E-state index contributed by atoms with van der Waals surface area (Å²) in [5, 5.41) is 22.6. The van der Waals surface area contributed by atoms with Gasteiger partial charge >= 0.3 is 0 Å². The minimum atomic E-state index is -0.0276. The first kappa shape index (κ1) is 34.1. The molecule has 6 aromatic carbocycles. The summed E-state index contributed by atoms with van der Waals surface area (Å²) in [4.78, 5) is 0. The molecule has 1 fully saturated rings. The Labute approximate surface area is 328 Å². The molecule has 4 atom stereocenters. The van der Waals surface area contributed by atoms with Gasteiger partial charge in [-0.1, -0.05) is 159 Å². The van der Waals surface area contributed by atoms with Crippen LogP contribution in [0.2, 0.25) is 0 Å². The SMILES string of the molecule is CC1C=CC(c2c(Nc3ccc(C4N(Cc5ccccc5)N4C(=N)c4ccccc4)cc3)c3ccccc3c3c4ccccc4n(C4=CC=CC(C)C4)c23)=CC1. The summed E-state index contributed by atoms with van der Waals surface area (Å²) in [6.45, 7) is 5.34. The molecule has 5 heteroatoms. The van der Waals surface area contributed by atoms with Gasteiger partial charge in [-0.2, -0.15) is 5.01 Å². The van der Waals surface area contributed by atoms with E-state index in [1.807, 2.05) is 30.3 Å². The van der Waals surface area contributed by atoms with Gasteiger partial charge in [0.05, 0.1) is 16.7 Å². The van der Waals surface area contributed by atoms with Gasteiger partial charge in [0.1, 0.15) is 12.0 Å². The van der Waals surface area contributed by atoms with Gasteiger partial charge < -0.3 is 9.88 Å². The summed E-state index contributed by atoms with van der Waals surface area (Å²) in [5.41, 5.74) is 11.8. The lowest BCUT2D eigenvalue weighted by Gasteiger charge is -2.24. The quantitative estimate of drug-likeness (QED) is 0.0931. The lowest BCUT2D eigenvalue weighted by atomic mass is 9.89. The number of nitrogens with one attached hydrogen (secondary N) is 2. The number of anilines is 2. The summed E-state index contributed by atoms with van der Waals surface area (Å²) in [6.07, 6.45) is 16.0. The van der Waals surface area contributed by atoms with Crippen LogP contribution in [0.3, 0.4) is 0 Å². The van der Waals surface area contributed by atoms with E-state index in [4.69, 9.17) is 0 Å². The van der Waals surface area contributed by atoms with Crippen molar-refractivity contribution in [1.29, 1.82) is 5.41 Å². The third-order valence-corrected chi connectivity index (χ3v) is 11.7. The summed E-state index contributed by atoms with van der Waals surface area (Å²) in [5.74, 6) is 1.47. The van der Waals surface area contributed by atoms with Crippen LogP contribution >= 0.6 is 0 Å². The smallest absolute Gasteiger partial charge is 0.144 e. The van der Waals surface area contributed by atoms with Gasteiger partial charge in [0.2, 0.25) is 0 Å². The van der Waals surface area contributed by atoms with Crippen LogP contribution in [0.15, 0.2) is 170 Å². The second-order valence-corrected chi connectivity index (χ2v) is 15.6. The zero-order valence-corrected chi connectivity index (χ0v) is 31.9. The summed E-state index contributed by atoms with van der Waals surface area (Å²) >= 11 is 0. The van der Waals surface area contributed by atoms with E-state index in [0.717, 1.165) is 41.9 Å². The number of amidine groups is 1. The predicted molar refractivity (Wildman–Crippen MR) is 235 cm³/mol. The van der Waals surface area contributed by atoms with E-state index < -0.39 is 0 Å². The van der Waals surface area contributed by atoms with Gasteiger partial charge in [0, 0.05) is 45.2 Å². The predicted octanol–water partition coefficient (Wildman–Crippen LogP) is 12.9. The molecule has 5 nitrogen and oxygen atoms in total. The van der Waals surface area contributed by atoms with E-state index in [1.54, 1.807) is 0 Å². The highest BCUT2D eigenvalue weighted by atomic mass is 15.9. The maximum atomic E-state index is 9.18. The first-order chi connectivity index (χ1) is 27.5. The molecule has 0 amide bonds. The Hall–Kier alpha value is -6.43. The molecule has 0 spiro atoms. The van der Waals surface area contributed by atoms with Crippen molar-refractivity contribution in [3.8, 4) is 0 Å². The first-order valence-corrected chi connectivity index (χ1v) is 19.9. The van der Waals surface area contributed by atoms with Crippen molar-refractivity contribution in [2.75, 3.05) is 5.32 Å². The number of hydrazine groups is 1. The summed E-state index contributed by atoms with van der Waals surface area (Å²) in [6, 6.07) is 47.3.